The third-order valence-electron chi connectivity index (χ3n) is 2.98. The maximum Gasteiger partial charge on any atom is 0.0557 e. The van der Waals surface area contributed by atoms with Gasteiger partial charge in [0, 0.05) is 10.6 Å². The molecule has 1 aliphatic heterocycles. The third-order valence-corrected chi connectivity index (χ3v) is 4.95. The zero-order chi connectivity index (χ0) is 12.6. The highest BCUT2D eigenvalue weighted by Crippen LogP contribution is 2.44. The first-order valence-corrected chi connectivity index (χ1v) is 7.82. The zero-order valence-electron chi connectivity index (χ0n) is 10.6. The first-order valence-electron chi connectivity index (χ1n) is 6.11. The van der Waals surface area contributed by atoms with Crippen molar-refractivity contribution in [2.75, 3.05) is 6.26 Å². The summed E-state index contributed by atoms with van der Waals surface area (Å²) in [6, 6.07) is 16.7. The van der Waals surface area contributed by atoms with Crippen molar-refractivity contribution in [3.05, 3.63) is 65.2 Å². The van der Waals surface area contributed by atoms with E-state index in [9.17, 15) is 0 Å². The fourth-order valence-electron chi connectivity index (χ4n) is 2.17. The SMILES string of the molecule is [2H]C1(SC)c2ccccc2CSc2ccccc21. The Bertz CT molecular complexity index is 533. The third kappa shape index (κ3) is 2.00. The summed E-state index contributed by atoms with van der Waals surface area (Å²) in [5, 5.41) is -0.684. The molecule has 0 bridgehead atoms. The van der Waals surface area contributed by atoms with E-state index in [1.54, 1.807) is 11.8 Å². The molecule has 86 valence electrons. The van der Waals surface area contributed by atoms with Crippen molar-refractivity contribution >= 4 is 23.5 Å². The second-order valence-electron chi connectivity index (χ2n) is 3.98. The van der Waals surface area contributed by atoms with Crippen LogP contribution in [0.25, 0.3) is 0 Å². The van der Waals surface area contributed by atoms with Gasteiger partial charge in [0.25, 0.3) is 0 Å². The molecule has 1 aliphatic rings. The zero-order valence-corrected chi connectivity index (χ0v) is 11.3. The van der Waals surface area contributed by atoms with Crippen LogP contribution in [0.4, 0.5) is 0 Å². The predicted molar refractivity (Wildman–Crippen MR) is 77.8 cm³/mol. The van der Waals surface area contributed by atoms with Crippen LogP contribution in [0.15, 0.2) is 53.4 Å². The van der Waals surface area contributed by atoms with Gasteiger partial charge in [-0.3, -0.25) is 0 Å². The molecule has 2 aromatic carbocycles. The minimum atomic E-state index is -0.684. The predicted octanol–water partition coefficient (Wildman–Crippen LogP) is 4.74. The van der Waals surface area contributed by atoms with Crippen molar-refractivity contribution in [2.24, 2.45) is 0 Å². The van der Waals surface area contributed by atoms with Crippen molar-refractivity contribution in [1.29, 1.82) is 0 Å². The van der Waals surface area contributed by atoms with E-state index in [1.807, 2.05) is 30.2 Å². The second-order valence-corrected chi connectivity index (χ2v) is 5.81. The molecule has 0 N–H and O–H groups in total. The van der Waals surface area contributed by atoms with Gasteiger partial charge in [-0.25, -0.2) is 0 Å². The smallest absolute Gasteiger partial charge is 0.0557 e. The van der Waals surface area contributed by atoms with Crippen molar-refractivity contribution in [3.8, 4) is 0 Å². The summed E-state index contributed by atoms with van der Waals surface area (Å²) < 4.78 is 8.92. The highest BCUT2D eigenvalue weighted by molar-refractivity contribution is 7.99. The van der Waals surface area contributed by atoms with E-state index >= 15 is 0 Å². The van der Waals surface area contributed by atoms with E-state index in [4.69, 9.17) is 1.37 Å². The van der Waals surface area contributed by atoms with Gasteiger partial charge in [-0.15, -0.1) is 11.8 Å². The van der Waals surface area contributed by atoms with Crippen molar-refractivity contribution in [1.82, 2.24) is 0 Å². The molecule has 0 fully saturated rings. The minimum absolute atomic E-state index is 0.684. The van der Waals surface area contributed by atoms with Crippen LogP contribution < -0.4 is 0 Å². The average Bonchev–Trinajstić information content (AvgIpc) is 2.56. The van der Waals surface area contributed by atoms with Crippen molar-refractivity contribution in [3.63, 3.8) is 0 Å². The molecular weight excluding hydrogens is 244 g/mol. The Labute approximate surface area is 112 Å². The molecule has 1 unspecified atom stereocenters. The van der Waals surface area contributed by atoms with E-state index in [1.165, 1.54) is 10.5 Å². The van der Waals surface area contributed by atoms with Gasteiger partial charge in [0.05, 0.1) is 6.60 Å². The van der Waals surface area contributed by atoms with Gasteiger partial charge in [0.15, 0.2) is 0 Å². The molecule has 2 heteroatoms. The summed E-state index contributed by atoms with van der Waals surface area (Å²) in [6.07, 6.45) is 2.02. The number of hydrogen-bond donors (Lipinski definition) is 0. The fourth-order valence-corrected chi connectivity index (χ4v) is 4.11. The Morgan fingerprint density at radius 3 is 2.65 bits per heavy atom. The van der Waals surface area contributed by atoms with Crippen LogP contribution in [0.2, 0.25) is 0 Å². The van der Waals surface area contributed by atoms with Crippen LogP contribution in [0.3, 0.4) is 0 Å². The van der Waals surface area contributed by atoms with E-state index in [2.05, 4.69) is 36.4 Å². The topological polar surface area (TPSA) is 0 Å². The molecule has 1 heterocycles. The Morgan fingerprint density at radius 2 is 1.82 bits per heavy atom. The van der Waals surface area contributed by atoms with E-state index < -0.39 is 5.23 Å². The van der Waals surface area contributed by atoms with Gasteiger partial charge < -0.3 is 0 Å². The van der Waals surface area contributed by atoms with Gasteiger partial charge in [0.2, 0.25) is 0 Å². The number of fused-ring (bicyclic) bond motifs is 2. The molecule has 0 spiro atoms. The van der Waals surface area contributed by atoms with E-state index in [0.717, 1.165) is 16.9 Å². The van der Waals surface area contributed by atoms with Crippen LogP contribution in [0.5, 0.6) is 0 Å². The summed E-state index contributed by atoms with van der Waals surface area (Å²) in [6.45, 7) is 0. The molecule has 17 heavy (non-hydrogen) atoms. The van der Waals surface area contributed by atoms with Gasteiger partial charge in [0.1, 0.15) is 0 Å². The molecule has 0 nitrogen and oxygen atoms in total. The Morgan fingerprint density at radius 1 is 1.12 bits per heavy atom. The standard InChI is InChI=1S/C15H14S2/c1-16-15-12-7-3-2-6-11(12)10-17-14-9-5-4-8-13(14)15/h2-9,15H,10H2,1H3/i15D. The molecule has 0 aliphatic carbocycles. The van der Waals surface area contributed by atoms with Crippen molar-refractivity contribution in [2.45, 2.75) is 15.9 Å². The summed E-state index contributed by atoms with van der Waals surface area (Å²) in [4.78, 5) is 1.23. The van der Waals surface area contributed by atoms with Crippen LogP contribution in [0, 0.1) is 0 Å². The monoisotopic (exact) mass is 259 g/mol. The molecular formula is C15H14S2. The van der Waals surface area contributed by atoms with E-state index in [0.29, 0.717) is 0 Å². The molecule has 1 atom stereocenters. The molecule has 0 radical (unpaired) electrons. The van der Waals surface area contributed by atoms with Crippen LogP contribution >= 0.6 is 23.5 Å². The van der Waals surface area contributed by atoms with E-state index in [-0.39, 0.29) is 0 Å². The molecule has 0 amide bonds. The molecule has 0 saturated carbocycles. The minimum Gasteiger partial charge on any atom is -0.152 e. The van der Waals surface area contributed by atoms with Crippen LogP contribution in [0.1, 0.15) is 23.3 Å². The lowest BCUT2D eigenvalue weighted by Crippen LogP contribution is -1.98. The summed E-state index contributed by atoms with van der Waals surface area (Å²) in [5.74, 6) is 0.953. The van der Waals surface area contributed by atoms with Crippen LogP contribution in [-0.4, -0.2) is 6.26 Å². The number of benzene rings is 2. The first kappa shape index (κ1) is 10.1. The van der Waals surface area contributed by atoms with Gasteiger partial charge in [-0.1, -0.05) is 42.5 Å². The molecule has 2 aromatic rings. The Balaban J connectivity index is 2.29. The molecule has 3 rings (SSSR count). The Hall–Kier alpha value is -0.860. The summed E-state index contributed by atoms with van der Waals surface area (Å²) >= 11 is 3.44. The average molecular weight is 259 g/mol. The highest BCUT2D eigenvalue weighted by atomic mass is 32.2. The lowest BCUT2D eigenvalue weighted by atomic mass is 10.0. The lowest BCUT2D eigenvalue weighted by molar-refractivity contribution is 1.09. The van der Waals surface area contributed by atoms with Crippen LogP contribution in [-0.2, 0) is 5.75 Å². The lowest BCUT2D eigenvalue weighted by Gasteiger charge is -2.17. The second kappa shape index (κ2) is 4.79. The summed E-state index contributed by atoms with van der Waals surface area (Å²) in [7, 11) is 0. The molecule has 0 aromatic heterocycles. The normalized spacial score (nSPS) is 23.2. The van der Waals surface area contributed by atoms with Crippen molar-refractivity contribution < 1.29 is 1.37 Å². The highest BCUT2D eigenvalue weighted by Gasteiger charge is 2.22. The number of rotatable bonds is 1. The van der Waals surface area contributed by atoms with Gasteiger partial charge in [-0.05, 0) is 29.0 Å². The summed E-state index contributed by atoms with van der Waals surface area (Å²) in [5.41, 5.74) is 3.53. The van der Waals surface area contributed by atoms with Gasteiger partial charge in [-0.2, -0.15) is 11.8 Å². The molecule has 0 saturated heterocycles. The fraction of sp³-hybridized carbons (Fsp3) is 0.200. The van der Waals surface area contributed by atoms with Gasteiger partial charge >= 0.3 is 0 Å². The number of thioether (sulfide) groups is 2. The first-order chi connectivity index (χ1) is 8.75. The quantitative estimate of drug-likeness (QED) is 0.725. The maximum absolute atomic E-state index is 8.92. The largest absolute Gasteiger partial charge is 0.152 e. The number of hydrogen-bond acceptors (Lipinski definition) is 2. The maximum atomic E-state index is 8.92. The Kier molecular flexibility index (Phi) is 2.85.